The van der Waals surface area contributed by atoms with Crippen LogP contribution >= 0.6 is 11.6 Å². The van der Waals surface area contributed by atoms with Crippen LogP contribution in [0.3, 0.4) is 0 Å². The minimum Gasteiger partial charge on any atom is -0.478 e. The molecule has 2 heterocycles. The Kier molecular flexibility index (Phi) is 6.27. The molecule has 164 valence electrons. The molecule has 0 fully saturated rings. The maximum absolute atomic E-state index is 12.5. The molecule has 9 heteroatoms. The van der Waals surface area contributed by atoms with Gasteiger partial charge in [-0.1, -0.05) is 17.7 Å². The van der Waals surface area contributed by atoms with Crippen molar-refractivity contribution >= 4 is 38.5 Å². The van der Waals surface area contributed by atoms with Gasteiger partial charge < -0.3 is 9.67 Å². The predicted octanol–water partition coefficient (Wildman–Crippen LogP) is 3.96. The maximum Gasteiger partial charge on any atom is 0.335 e. The average Bonchev–Trinajstić information content (AvgIpc) is 3.11. The third kappa shape index (κ3) is 4.83. The van der Waals surface area contributed by atoms with Crippen molar-refractivity contribution in [1.29, 1.82) is 0 Å². The van der Waals surface area contributed by atoms with E-state index >= 15 is 0 Å². The fraction of sp³-hybridized carbons (Fsp3) is 0.130. The van der Waals surface area contributed by atoms with Gasteiger partial charge in [0, 0.05) is 47.6 Å². The minimum absolute atomic E-state index is 0.133. The molecule has 4 aromatic rings. The number of pyridine rings is 1. The first-order valence-corrected chi connectivity index (χ1v) is 11.7. The van der Waals surface area contributed by atoms with Crippen molar-refractivity contribution < 1.29 is 18.3 Å². The number of halogens is 1. The number of hydrogen-bond donors (Lipinski definition) is 2. The van der Waals surface area contributed by atoms with Crippen LogP contribution in [0.5, 0.6) is 0 Å². The smallest absolute Gasteiger partial charge is 0.335 e. The van der Waals surface area contributed by atoms with Crippen molar-refractivity contribution in [1.82, 2.24) is 14.3 Å². The summed E-state index contributed by atoms with van der Waals surface area (Å²) in [6.07, 6.45) is 5.80. The predicted molar refractivity (Wildman–Crippen MR) is 123 cm³/mol. The highest BCUT2D eigenvalue weighted by Crippen LogP contribution is 2.25. The number of carboxylic acids is 1. The number of fused-ring (bicyclic) bond motifs is 1. The van der Waals surface area contributed by atoms with Crippen LogP contribution in [0.2, 0.25) is 5.02 Å². The second-order valence-electron chi connectivity index (χ2n) is 7.28. The molecule has 7 nitrogen and oxygen atoms in total. The van der Waals surface area contributed by atoms with Crippen LogP contribution < -0.4 is 4.72 Å². The van der Waals surface area contributed by atoms with E-state index in [0.29, 0.717) is 18.0 Å². The van der Waals surface area contributed by atoms with E-state index in [1.165, 1.54) is 24.3 Å². The molecule has 0 aliphatic carbocycles. The highest BCUT2D eigenvalue weighted by atomic mass is 35.5. The third-order valence-electron chi connectivity index (χ3n) is 5.10. The molecule has 0 aliphatic heterocycles. The molecular formula is C23H20ClN3O4S. The number of sulfonamides is 1. The zero-order chi connectivity index (χ0) is 22.7. The summed E-state index contributed by atoms with van der Waals surface area (Å²) in [6, 6.07) is 14.7. The Bertz CT molecular complexity index is 1370. The summed E-state index contributed by atoms with van der Waals surface area (Å²) >= 11 is 5.83. The number of aromatic nitrogens is 2. The lowest BCUT2D eigenvalue weighted by Crippen LogP contribution is -2.25. The molecule has 2 aromatic carbocycles. The largest absolute Gasteiger partial charge is 0.478 e. The van der Waals surface area contributed by atoms with E-state index < -0.39 is 16.0 Å². The van der Waals surface area contributed by atoms with Crippen LogP contribution in [0.15, 0.2) is 78.1 Å². The van der Waals surface area contributed by atoms with E-state index in [4.69, 9.17) is 11.6 Å². The number of carbonyl (C=O) groups is 1. The van der Waals surface area contributed by atoms with Crippen LogP contribution in [-0.4, -0.2) is 35.6 Å². The van der Waals surface area contributed by atoms with Crippen LogP contribution in [0.25, 0.3) is 10.9 Å². The molecule has 0 aliphatic rings. The van der Waals surface area contributed by atoms with Gasteiger partial charge in [-0.3, -0.25) is 4.98 Å². The summed E-state index contributed by atoms with van der Waals surface area (Å²) in [5, 5.41) is 10.6. The SMILES string of the molecule is O=C(O)c1ccc2c(c1)c(CCNS(=O)(=O)c1ccc(Cl)cc1)cn2Cc1cccnc1. The van der Waals surface area contributed by atoms with Crippen LogP contribution in [-0.2, 0) is 23.0 Å². The number of nitrogens with zero attached hydrogens (tertiary/aromatic N) is 2. The van der Waals surface area contributed by atoms with Crippen LogP contribution in [0.4, 0.5) is 0 Å². The lowest BCUT2D eigenvalue weighted by Gasteiger charge is -2.06. The third-order valence-corrected chi connectivity index (χ3v) is 6.83. The average molecular weight is 470 g/mol. The number of aromatic carboxylic acids is 1. The zero-order valence-corrected chi connectivity index (χ0v) is 18.5. The highest BCUT2D eigenvalue weighted by molar-refractivity contribution is 7.89. The van der Waals surface area contributed by atoms with Crippen molar-refractivity contribution in [3.63, 3.8) is 0 Å². The van der Waals surface area contributed by atoms with Gasteiger partial charge in [0.15, 0.2) is 0 Å². The summed E-state index contributed by atoms with van der Waals surface area (Å²) in [5.74, 6) is -1.01. The van der Waals surface area contributed by atoms with E-state index in [9.17, 15) is 18.3 Å². The first-order valence-electron chi connectivity index (χ1n) is 9.83. The van der Waals surface area contributed by atoms with Gasteiger partial charge in [-0.25, -0.2) is 17.9 Å². The molecule has 0 saturated carbocycles. The van der Waals surface area contributed by atoms with Gasteiger partial charge in [-0.2, -0.15) is 0 Å². The van der Waals surface area contributed by atoms with Gasteiger partial charge in [-0.05, 0) is 66.1 Å². The fourth-order valence-corrected chi connectivity index (χ4v) is 4.70. The van der Waals surface area contributed by atoms with Crippen molar-refractivity contribution in [2.24, 2.45) is 0 Å². The lowest BCUT2D eigenvalue weighted by molar-refractivity contribution is 0.0697. The lowest BCUT2D eigenvalue weighted by atomic mass is 10.1. The number of rotatable bonds is 8. The molecule has 2 aromatic heterocycles. The molecule has 2 N–H and O–H groups in total. The van der Waals surface area contributed by atoms with E-state index in [1.54, 1.807) is 30.6 Å². The van der Waals surface area contributed by atoms with Crippen LogP contribution in [0, 0.1) is 0 Å². The molecule has 0 bridgehead atoms. The van der Waals surface area contributed by atoms with Gasteiger partial charge >= 0.3 is 5.97 Å². The molecule has 0 radical (unpaired) electrons. The second-order valence-corrected chi connectivity index (χ2v) is 9.49. The number of carboxylic acid groups (broad SMARTS) is 1. The Labute approximate surface area is 190 Å². The summed E-state index contributed by atoms with van der Waals surface area (Å²) in [4.78, 5) is 15.7. The van der Waals surface area contributed by atoms with E-state index in [0.717, 1.165) is 22.0 Å². The molecular weight excluding hydrogens is 450 g/mol. The Morgan fingerprint density at radius 3 is 2.59 bits per heavy atom. The standard InChI is InChI=1S/C23H20ClN3O4S/c24-19-4-6-20(7-5-19)32(30,31)26-11-9-18-15-27(14-16-2-1-10-25-13-16)22-8-3-17(23(28)29)12-21(18)22/h1-8,10,12-13,15,26H,9,11,14H2,(H,28,29). The highest BCUT2D eigenvalue weighted by Gasteiger charge is 2.16. The topological polar surface area (TPSA) is 101 Å². The second kappa shape index (κ2) is 9.12. The first-order chi connectivity index (χ1) is 15.3. The summed E-state index contributed by atoms with van der Waals surface area (Å²) in [5.41, 5.74) is 2.90. The van der Waals surface area contributed by atoms with E-state index in [-0.39, 0.29) is 17.0 Å². The Morgan fingerprint density at radius 2 is 1.91 bits per heavy atom. The minimum atomic E-state index is -3.68. The van der Waals surface area contributed by atoms with E-state index in [1.807, 2.05) is 22.9 Å². The molecule has 4 rings (SSSR count). The number of benzene rings is 2. The molecule has 0 unspecified atom stereocenters. The molecule has 0 spiro atoms. The fourth-order valence-electron chi connectivity index (χ4n) is 3.54. The van der Waals surface area contributed by atoms with Crippen molar-refractivity contribution in [2.45, 2.75) is 17.9 Å². The van der Waals surface area contributed by atoms with Gasteiger partial charge in [0.1, 0.15) is 0 Å². The maximum atomic E-state index is 12.5. The molecule has 32 heavy (non-hydrogen) atoms. The quantitative estimate of drug-likeness (QED) is 0.406. The van der Waals surface area contributed by atoms with Gasteiger partial charge in [0.2, 0.25) is 10.0 Å². The monoisotopic (exact) mass is 469 g/mol. The van der Waals surface area contributed by atoms with Gasteiger partial charge in [-0.15, -0.1) is 0 Å². The molecule has 0 atom stereocenters. The Balaban J connectivity index is 1.60. The van der Waals surface area contributed by atoms with E-state index in [2.05, 4.69) is 9.71 Å². The Hall–Kier alpha value is -3.20. The summed E-state index contributed by atoms with van der Waals surface area (Å²) in [7, 11) is -3.68. The number of nitrogens with one attached hydrogen (secondary N) is 1. The Morgan fingerprint density at radius 1 is 1.12 bits per heavy atom. The normalized spacial score (nSPS) is 11.7. The van der Waals surface area contributed by atoms with Crippen molar-refractivity contribution in [2.75, 3.05) is 6.54 Å². The van der Waals surface area contributed by atoms with Crippen molar-refractivity contribution in [3.05, 3.63) is 94.9 Å². The van der Waals surface area contributed by atoms with Crippen molar-refractivity contribution in [3.8, 4) is 0 Å². The zero-order valence-electron chi connectivity index (χ0n) is 16.9. The summed E-state index contributed by atoms with van der Waals surface area (Å²) in [6.45, 7) is 0.724. The van der Waals surface area contributed by atoms with Crippen LogP contribution in [0.1, 0.15) is 21.5 Å². The number of hydrogen-bond acceptors (Lipinski definition) is 4. The molecule has 0 saturated heterocycles. The van der Waals surface area contributed by atoms with Gasteiger partial charge in [0.05, 0.1) is 10.5 Å². The summed E-state index contributed by atoms with van der Waals surface area (Å²) < 4.78 is 29.7. The molecule has 0 amide bonds. The first kappa shape index (κ1) is 22.0. The van der Waals surface area contributed by atoms with Gasteiger partial charge in [0.25, 0.3) is 0 Å².